The zero-order valence-corrected chi connectivity index (χ0v) is 23.8. The summed E-state index contributed by atoms with van der Waals surface area (Å²) in [4.78, 5) is 32.5. The van der Waals surface area contributed by atoms with Crippen molar-refractivity contribution in [1.82, 2.24) is 20.1 Å². The van der Waals surface area contributed by atoms with Gasteiger partial charge in [-0.05, 0) is 54.4 Å². The predicted molar refractivity (Wildman–Crippen MR) is 156 cm³/mol. The Morgan fingerprint density at radius 1 is 1.10 bits per heavy atom. The number of hydrogen-bond donors (Lipinski definition) is 1. The second-order valence-electron chi connectivity index (χ2n) is 10.9. The van der Waals surface area contributed by atoms with Crippen molar-refractivity contribution < 1.29 is 14.0 Å². The van der Waals surface area contributed by atoms with Gasteiger partial charge in [0.2, 0.25) is 11.8 Å². The Bertz CT molecular complexity index is 1530. The molecular weight excluding hydrogens is 525 g/mol. The lowest BCUT2D eigenvalue weighted by Gasteiger charge is -2.24. The monoisotopic (exact) mass is 557 g/mol. The minimum Gasteiger partial charge on any atom is -0.350 e. The van der Waals surface area contributed by atoms with Crippen LogP contribution in [0, 0.1) is 12.7 Å². The average Bonchev–Trinajstić information content (AvgIpc) is 3.26. The van der Waals surface area contributed by atoms with Crippen LogP contribution in [-0.4, -0.2) is 38.9 Å². The van der Waals surface area contributed by atoms with E-state index in [0.29, 0.717) is 18.1 Å². The van der Waals surface area contributed by atoms with E-state index in [-0.39, 0.29) is 40.6 Å². The van der Waals surface area contributed by atoms with Crippen LogP contribution in [0.25, 0.3) is 5.69 Å². The summed E-state index contributed by atoms with van der Waals surface area (Å²) in [6, 6.07) is 17.9. The number of halogens is 1. The highest BCUT2D eigenvalue weighted by molar-refractivity contribution is 8.00. The largest absolute Gasteiger partial charge is 0.350 e. The van der Waals surface area contributed by atoms with Crippen molar-refractivity contribution in [3.63, 3.8) is 0 Å². The summed E-state index contributed by atoms with van der Waals surface area (Å²) in [5.74, 6) is -0.118. The lowest BCUT2D eigenvalue weighted by atomic mass is 9.87. The first-order valence-corrected chi connectivity index (χ1v) is 14.2. The van der Waals surface area contributed by atoms with Crippen molar-refractivity contribution in [3.8, 4) is 5.69 Å². The number of aryl methyl sites for hydroxylation is 1. The predicted octanol–water partition coefficient (Wildman–Crippen LogP) is 5.50. The normalized spacial score (nSPS) is 15.5. The van der Waals surface area contributed by atoms with Gasteiger partial charge in [0, 0.05) is 29.9 Å². The first kappa shape index (κ1) is 27.6. The maximum atomic E-state index is 13.9. The Hall–Kier alpha value is -3.98. The van der Waals surface area contributed by atoms with E-state index in [2.05, 4.69) is 43.2 Å². The first-order chi connectivity index (χ1) is 19.1. The van der Waals surface area contributed by atoms with Gasteiger partial charge in [-0.3, -0.25) is 19.5 Å². The fraction of sp³-hybridized carbons (Fsp3) is 0.290. The zero-order valence-electron chi connectivity index (χ0n) is 23.0. The van der Waals surface area contributed by atoms with Crippen molar-refractivity contribution >= 4 is 29.4 Å². The van der Waals surface area contributed by atoms with E-state index in [1.165, 1.54) is 28.8 Å². The maximum absolute atomic E-state index is 13.9. The van der Waals surface area contributed by atoms with Crippen LogP contribution >= 0.6 is 11.8 Å². The molecule has 40 heavy (non-hydrogen) atoms. The molecule has 3 heterocycles. The number of nitrogens with one attached hydrogen (secondary N) is 1. The number of amides is 2. The molecule has 0 bridgehead atoms. The number of benzene rings is 2. The van der Waals surface area contributed by atoms with E-state index < -0.39 is 0 Å². The van der Waals surface area contributed by atoms with E-state index in [4.69, 9.17) is 5.10 Å². The zero-order chi connectivity index (χ0) is 28.4. The molecule has 0 unspecified atom stereocenters. The number of hydrogen-bond acceptors (Lipinski definition) is 5. The van der Waals surface area contributed by atoms with Crippen molar-refractivity contribution in [2.75, 3.05) is 17.2 Å². The van der Waals surface area contributed by atoms with Crippen LogP contribution in [-0.2, 0) is 21.5 Å². The molecule has 0 aliphatic carbocycles. The Balaban J connectivity index is 1.65. The fourth-order valence-corrected chi connectivity index (χ4v) is 6.02. The number of carbonyl (C=O) groups excluding carboxylic acids is 2. The number of nitrogens with zero attached hydrogens (tertiary/aromatic N) is 4. The molecule has 0 spiro atoms. The molecule has 1 atom stereocenters. The quantitative estimate of drug-likeness (QED) is 0.339. The van der Waals surface area contributed by atoms with Crippen LogP contribution in [0.15, 0.2) is 73.1 Å². The van der Waals surface area contributed by atoms with Crippen LogP contribution in [0.5, 0.6) is 0 Å². The Morgan fingerprint density at radius 3 is 2.50 bits per heavy atom. The van der Waals surface area contributed by atoms with Gasteiger partial charge >= 0.3 is 0 Å². The van der Waals surface area contributed by atoms with Crippen molar-refractivity contribution in [1.29, 1.82) is 0 Å². The highest BCUT2D eigenvalue weighted by Gasteiger charge is 2.40. The number of fused-ring (bicyclic) bond motifs is 1. The molecule has 9 heteroatoms. The molecule has 1 aliphatic heterocycles. The molecular formula is C31H32FN5O2S. The molecule has 1 aliphatic rings. The third kappa shape index (κ3) is 5.79. The van der Waals surface area contributed by atoms with Crippen LogP contribution in [0.1, 0.15) is 54.0 Å². The molecule has 0 fully saturated rings. The second-order valence-corrected chi connectivity index (χ2v) is 12.0. The average molecular weight is 558 g/mol. The first-order valence-electron chi connectivity index (χ1n) is 13.2. The third-order valence-corrected chi connectivity index (χ3v) is 8.01. The SMILES string of the molecule is Cc1cccc([C@H]2SCC(=O)N(CC(=O)NCc3ccncc3)c3c2c(C(C)(C)C)nn3-c2ccc(F)cc2)c1. The van der Waals surface area contributed by atoms with Gasteiger partial charge in [0.15, 0.2) is 0 Å². The third-order valence-electron chi connectivity index (χ3n) is 6.76. The smallest absolute Gasteiger partial charge is 0.240 e. The van der Waals surface area contributed by atoms with E-state index in [0.717, 1.165) is 27.9 Å². The molecule has 0 radical (unpaired) electrons. The summed E-state index contributed by atoms with van der Waals surface area (Å²) in [6.45, 7) is 8.45. The molecule has 2 aromatic carbocycles. The van der Waals surface area contributed by atoms with Gasteiger partial charge in [-0.15, -0.1) is 11.8 Å². The molecule has 206 valence electrons. The van der Waals surface area contributed by atoms with Gasteiger partial charge in [0.25, 0.3) is 0 Å². The Morgan fingerprint density at radius 2 is 1.82 bits per heavy atom. The van der Waals surface area contributed by atoms with E-state index >= 15 is 0 Å². The van der Waals surface area contributed by atoms with Crippen LogP contribution in [0.2, 0.25) is 0 Å². The molecule has 2 aromatic heterocycles. The standard InChI is InChI=1S/C31H32FN5O2S/c1-20-6-5-7-22(16-20)28-27-29(31(2,3)4)35-37(24-10-8-23(32)9-11-24)30(27)36(26(39)19-40-28)18-25(38)34-17-21-12-14-33-15-13-21/h5-16,28H,17-19H2,1-4H3,(H,34,38)/t28-/m1/s1. The molecule has 1 N–H and O–H groups in total. The number of aromatic nitrogens is 3. The number of pyridine rings is 1. The second kappa shape index (κ2) is 11.3. The fourth-order valence-electron chi connectivity index (χ4n) is 4.83. The Labute approximate surface area is 237 Å². The molecule has 5 rings (SSSR count). The molecule has 2 amide bonds. The number of thioether (sulfide) groups is 1. The van der Waals surface area contributed by atoms with E-state index in [9.17, 15) is 14.0 Å². The van der Waals surface area contributed by atoms with Gasteiger partial charge in [0.1, 0.15) is 18.2 Å². The highest BCUT2D eigenvalue weighted by atomic mass is 32.2. The van der Waals surface area contributed by atoms with Crippen LogP contribution < -0.4 is 10.2 Å². The lowest BCUT2D eigenvalue weighted by Crippen LogP contribution is -2.42. The molecule has 0 saturated carbocycles. The summed E-state index contributed by atoms with van der Waals surface area (Å²) in [5.41, 5.74) is 5.03. The summed E-state index contributed by atoms with van der Waals surface area (Å²) in [7, 11) is 0. The van der Waals surface area contributed by atoms with Crippen LogP contribution in [0.3, 0.4) is 0 Å². The highest BCUT2D eigenvalue weighted by Crippen LogP contribution is 2.48. The molecule has 7 nitrogen and oxygen atoms in total. The molecule has 0 saturated heterocycles. The maximum Gasteiger partial charge on any atom is 0.240 e. The van der Waals surface area contributed by atoms with Crippen LogP contribution in [0.4, 0.5) is 10.2 Å². The van der Waals surface area contributed by atoms with Gasteiger partial charge in [-0.2, -0.15) is 5.10 Å². The number of rotatable bonds is 6. The van der Waals surface area contributed by atoms with E-state index in [1.807, 2.05) is 31.2 Å². The van der Waals surface area contributed by atoms with Crippen molar-refractivity contribution in [2.24, 2.45) is 0 Å². The minimum atomic E-state index is -0.374. The number of carbonyl (C=O) groups is 2. The van der Waals surface area contributed by atoms with Gasteiger partial charge in [0.05, 0.1) is 22.4 Å². The van der Waals surface area contributed by atoms with Crippen molar-refractivity contribution in [2.45, 2.75) is 44.9 Å². The van der Waals surface area contributed by atoms with Crippen molar-refractivity contribution in [3.05, 3.63) is 107 Å². The minimum absolute atomic E-state index is 0.172. The lowest BCUT2D eigenvalue weighted by molar-refractivity contribution is -0.123. The summed E-state index contributed by atoms with van der Waals surface area (Å²) < 4.78 is 15.6. The topological polar surface area (TPSA) is 80.1 Å². The summed E-state index contributed by atoms with van der Waals surface area (Å²) >= 11 is 1.54. The van der Waals surface area contributed by atoms with Gasteiger partial charge in [-0.1, -0.05) is 50.6 Å². The Kier molecular flexibility index (Phi) is 7.76. The van der Waals surface area contributed by atoms with E-state index in [1.54, 1.807) is 29.2 Å². The summed E-state index contributed by atoms with van der Waals surface area (Å²) in [6.07, 6.45) is 3.34. The van der Waals surface area contributed by atoms with Gasteiger partial charge in [-0.25, -0.2) is 9.07 Å². The van der Waals surface area contributed by atoms with Gasteiger partial charge < -0.3 is 5.32 Å². The molecule has 4 aromatic rings. The summed E-state index contributed by atoms with van der Waals surface area (Å²) in [5, 5.41) is 7.77. The number of anilines is 1.